The van der Waals surface area contributed by atoms with Crippen LogP contribution in [0.5, 0.6) is 0 Å². The Kier molecular flexibility index (Phi) is 5.00. The summed E-state index contributed by atoms with van der Waals surface area (Å²) in [5, 5.41) is 3.76. The third kappa shape index (κ3) is 3.63. The minimum absolute atomic E-state index is 0.0378. The second-order valence-electron chi connectivity index (χ2n) is 4.35. The number of carbonyl (C=O) groups is 1. The van der Waals surface area contributed by atoms with Gasteiger partial charge in [-0.2, -0.15) is 0 Å². The summed E-state index contributed by atoms with van der Waals surface area (Å²) in [4.78, 5) is 11.8. The fraction of sp³-hybridized carbons (Fsp3) is 0.462. The lowest BCUT2D eigenvalue weighted by atomic mass is 9.97. The summed E-state index contributed by atoms with van der Waals surface area (Å²) in [5.74, 6) is 0.485. The molecular weight excluding hydrogens is 266 g/mol. The lowest BCUT2D eigenvalue weighted by Crippen LogP contribution is -2.24. The van der Waals surface area contributed by atoms with Crippen molar-refractivity contribution in [2.24, 2.45) is 11.8 Å². The van der Waals surface area contributed by atoms with E-state index in [2.05, 4.69) is 35.1 Å². The molecule has 16 heavy (non-hydrogen) atoms. The first-order valence-electron chi connectivity index (χ1n) is 5.50. The Balaban J connectivity index is 2.62. The highest BCUT2D eigenvalue weighted by Gasteiger charge is 2.16. The molecule has 0 fully saturated rings. The Morgan fingerprint density at radius 1 is 1.25 bits per heavy atom. The van der Waals surface area contributed by atoms with Crippen molar-refractivity contribution in [2.45, 2.75) is 26.1 Å². The fourth-order valence-corrected chi connectivity index (χ4v) is 1.61. The van der Waals surface area contributed by atoms with Crippen molar-refractivity contribution in [2.75, 3.05) is 5.32 Å². The second-order valence-corrected chi connectivity index (χ2v) is 4.91. The molecule has 0 spiro atoms. The highest BCUT2D eigenvalue weighted by molar-refractivity contribution is 9.08. The molecule has 1 N–H and O–H groups in total. The molecule has 1 amide bonds. The van der Waals surface area contributed by atoms with E-state index in [-0.39, 0.29) is 11.8 Å². The lowest BCUT2D eigenvalue weighted by molar-refractivity contribution is -0.120. The Morgan fingerprint density at radius 2 is 1.81 bits per heavy atom. The van der Waals surface area contributed by atoms with Crippen molar-refractivity contribution in [3.63, 3.8) is 0 Å². The van der Waals surface area contributed by atoms with Gasteiger partial charge >= 0.3 is 0 Å². The summed E-state index contributed by atoms with van der Waals surface area (Å²) in [5.41, 5.74) is 2.07. The Bertz CT molecular complexity index is 345. The van der Waals surface area contributed by atoms with Crippen LogP contribution in [-0.2, 0) is 10.1 Å². The molecule has 0 aliphatic rings. The van der Waals surface area contributed by atoms with Crippen LogP contribution in [0, 0.1) is 11.8 Å². The zero-order valence-electron chi connectivity index (χ0n) is 9.96. The number of benzene rings is 1. The first-order valence-corrected chi connectivity index (χ1v) is 6.62. The van der Waals surface area contributed by atoms with Crippen LogP contribution >= 0.6 is 15.9 Å². The molecule has 3 heteroatoms. The van der Waals surface area contributed by atoms with Crippen molar-refractivity contribution in [1.29, 1.82) is 0 Å². The molecule has 0 heterocycles. The predicted molar refractivity (Wildman–Crippen MR) is 71.7 cm³/mol. The van der Waals surface area contributed by atoms with Crippen LogP contribution in [0.15, 0.2) is 24.3 Å². The quantitative estimate of drug-likeness (QED) is 0.837. The maximum Gasteiger partial charge on any atom is 0.227 e. The smallest absolute Gasteiger partial charge is 0.227 e. The van der Waals surface area contributed by atoms with Crippen LogP contribution in [0.2, 0.25) is 0 Å². The minimum atomic E-state index is 0.0378. The van der Waals surface area contributed by atoms with Gasteiger partial charge in [-0.1, -0.05) is 48.8 Å². The summed E-state index contributed by atoms with van der Waals surface area (Å²) in [6, 6.07) is 7.87. The molecule has 0 aliphatic carbocycles. The molecule has 1 atom stereocenters. The molecule has 1 unspecified atom stereocenters. The van der Waals surface area contributed by atoms with E-state index < -0.39 is 0 Å². The molecule has 88 valence electrons. The Morgan fingerprint density at radius 3 is 2.25 bits per heavy atom. The summed E-state index contributed by atoms with van der Waals surface area (Å²) in [6.07, 6.45) is 0. The molecule has 1 aromatic rings. The molecule has 1 aromatic carbocycles. The third-order valence-electron chi connectivity index (χ3n) is 2.79. The molecule has 0 radical (unpaired) electrons. The number of nitrogens with one attached hydrogen (secondary N) is 1. The number of hydrogen-bond acceptors (Lipinski definition) is 1. The number of rotatable bonds is 4. The zero-order chi connectivity index (χ0) is 12.1. The lowest BCUT2D eigenvalue weighted by Gasteiger charge is -2.15. The summed E-state index contributed by atoms with van der Waals surface area (Å²) in [6.45, 7) is 6.06. The first kappa shape index (κ1) is 13.2. The van der Waals surface area contributed by atoms with Gasteiger partial charge in [0.1, 0.15) is 0 Å². The molecule has 0 aromatic heterocycles. The van der Waals surface area contributed by atoms with E-state index in [1.54, 1.807) is 0 Å². The number of halogens is 1. The zero-order valence-corrected chi connectivity index (χ0v) is 11.5. The van der Waals surface area contributed by atoms with Crippen molar-refractivity contribution < 1.29 is 4.79 Å². The SMILES string of the molecule is CC(C)C(C)C(=O)Nc1ccc(CBr)cc1. The van der Waals surface area contributed by atoms with Gasteiger partial charge in [0.2, 0.25) is 5.91 Å². The van der Waals surface area contributed by atoms with Gasteiger partial charge in [0, 0.05) is 16.9 Å². The molecule has 1 rings (SSSR count). The van der Waals surface area contributed by atoms with E-state index >= 15 is 0 Å². The number of amides is 1. The van der Waals surface area contributed by atoms with Crippen molar-refractivity contribution in [3.05, 3.63) is 29.8 Å². The average molecular weight is 284 g/mol. The number of carbonyl (C=O) groups excluding carboxylic acids is 1. The van der Waals surface area contributed by atoms with Gasteiger partial charge in [0.05, 0.1) is 0 Å². The Hall–Kier alpha value is -0.830. The minimum Gasteiger partial charge on any atom is -0.326 e. The van der Waals surface area contributed by atoms with Gasteiger partial charge in [0.15, 0.2) is 0 Å². The van der Waals surface area contributed by atoms with Crippen LogP contribution in [-0.4, -0.2) is 5.91 Å². The van der Waals surface area contributed by atoms with Gasteiger partial charge < -0.3 is 5.32 Å². The van der Waals surface area contributed by atoms with E-state index in [9.17, 15) is 4.79 Å². The highest BCUT2D eigenvalue weighted by Crippen LogP contribution is 2.15. The topological polar surface area (TPSA) is 29.1 Å². The van der Waals surface area contributed by atoms with E-state index in [0.29, 0.717) is 5.92 Å². The van der Waals surface area contributed by atoms with E-state index in [0.717, 1.165) is 11.0 Å². The van der Waals surface area contributed by atoms with Crippen LogP contribution in [0.4, 0.5) is 5.69 Å². The maximum absolute atomic E-state index is 11.8. The van der Waals surface area contributed by atoms with Crippen LogP contribution in [0.3, 0.4) is 0 Å². The van der Waals surface area contributed by atoms with Gasteiger partial charge in [-0.25, -0.2) is 0 Å². The van der Waals surface area contributed by atoms with Crippen molar-refractivity contribution in [3.8, 4) is 0 Å². The highest BCUT2D eigenvalue weighted by atomic mass is 79.9. The monoisotopic (exact) mass is 283 g/mol. The van der Waals surface area contributed by atoms with Gasteiger partial charge in [-0.05, 0) is 23.6 Å². The van der Waals surface area contributed by atoms with E-state index in [1.807, 2.05) is 31.2 Å². The number of anilines is 1. The predicted octanol–water partition coefficient (Wildman–Crippen LogP) is 3.81. The molecular formula is C13H18BrNO. The van der Waals surface area contributed by atoms with Crippen molar-refractivity contribution in [1.82, 2.24) is 0 Å². The average Bonchev–Trinajstić information content (AvgIpc) is 2.28. The third-order valence-corrected chi connectivity index (χ3v) is 3.44. The standard InChI is InChI=1S/C13H18BrNO/c1-9(2)10(3)13(16)15-12-6-4-11(8-14)5-7-12/h4-7,9-10H,8H2,1-3H3,(H,15,16). The van der Waals surface area contributed by atoms with Crippen LogP contribution in [0.25, 0.3) is 0 Å². The summed E-state index contributed by atoms with van der Waals surface area (Å²) >= 11 is 3.39. The van der Waals surface area contributed by atoms with E-state index in [1.165, 1.54) is 5.56 Å². The summed E-state index contributed by atoms with van der Waals surface area (Å²) < 4.78 is 0. The Labute approximate surface area is 106 Å². The number of hydrogen-bond donors (Lipinski definition) is 1. The van der Waals surface area contributed by atoms with Gasteiger partial charge in [0.25, 0.3) is 0 Å². The fourth-order valence-electron chi connectivity index (χ4n) is 1.24. The van der Waals surface area contributed by atoms with Gasteiger partial charge in [-0.15, -0.1) is 0 Å². The molecule has 2 nitrogen and oxygen atoms in total. The normalized spacial score (nSPS) is 12.6. The molecule has 0 saturated carbocycles. The van der Waals surface area contributed by atoms with Crippen molar-refractivity contribution >= 4 is 27.5 Å². The van der Waals surface area contributed by atoms with Crippen LogP contribution in [0.1, 0.15) is 26.3 Å². The molecule has 0 bridgehead atoms. The first-order chi connectivity index (χ1) is 7.54. The largest absolute Gasteiger partial charge is 0.326 e. The second kappa shape index (κ2) is 6.04. The molecule has 0 saturated heterocycles. The van der Waals surface area contributed by atoms with Crippen LogP contribution < -0.4 is 5.32 Å². The van der Waals surface area contributed by atoms with E-state index in [4.69, 9.17) is 0 Å². The maximum atomic E-state index is 11.8. The molecule has 0 aliphatic heterocycles. The summed E-state index contributed by atoms with van der Waals surface area (Å²) in [7, 11) is 0. The number of alkyl halides is 1. The van der Waals surface area contributed by atoms with Gasteiger partial charge in [-0.3, -0.25) is 4.79 Å².